The number of carbonyl (C=O) groups excluding carboxylic acids is 1. The minimum Gasteiger partial charge on any atom is -0.364 e. The number of aromatic nitrogens is 2. The van der Waals surface area contributed by atoms with Crippen LogP contribution in [0.1, 0.15) is 41.8 Å². The van der Waals surface area contributed by atoms with Crippen molar-refractivity contribution in [2.75, 3.05) is 0 Å². The van der Waals surface area contributed by atoms with E-state index in [0.717, 1.165) is 0 Å². The number of nitrogens with zero attached hydrogens (tertiary/aromatic N) is 2. The Labute approximate surface area is 89.7 Å². The van der Waals surface area contributed by atoms with Gasteiger partial charge in [-0.3, -0.25) is 4.79 Å². The first-order valence-corrected chi connectivity index (χ1v) is 4.47. The van der Waals surface area contributed by atoms with Gasteiger partial charge in [-0.1, -0.05) is 13.8 Å². The summed E-state index contributed by atoms with van der Waals surface area (Å²) in [5.41, 5.74) is 4.61. The molecule has 1 amide bonds. The van der Waals surface area contributed by atoms with Crippen molar-refractivity contribution in [3.05, 3.63) is 23.3 Å². The van der Waals surface area contributed by atoms with Crippen LogP contribution < -0.4 is 5.73 Å². The molecular formula is C9H10F3N3O. The van der Waals surface area contributed by atoms with E-state index in [1.165, 1.54) is 6.07 Å². The van der Waals surface area contributed by atoms with Crippen LogP contribution in [0, 0.1) is 0 Å². The summed E-state index contributed by atoms with van der Waals surface area (Å²) in [7, 11) is 0. The van der Waals surface area contributed by atoms with E-state index in [4.69, 9.17) is 5.73 Å². The predicted octanol–water partition coefficient (Wildman–Crippen LogP) is 1.72. The van der Waals surface area contributed by atoms with Crippen LogP contribution in [-0.4, -0.2) is 15.9 Å². The Morgan fingerprint density at radius 2 is 1.94 bits per heavy atom. The van der Waals surface area contributed by atoms with Crippen molar-refractivity contribution in [2.24, 2.45) is 5.73 Å². The zero-order valence-corrected chi connectivity index (χ0v) is 8.67. The van der Waals surface area contributed by atoms with Gasteiger partial charge in [-0.05, 0) is 12.0 Å². The van der Waals surface area contributed by atoms with Gasteiger partial charge >= 0.3 is 6.18 Å². The molecule has 0 atom stereocenters. The zero-order valence-electron chi connectivity index (χ0n) is 8.67. The fourth-order valence-electron chi connectivity index (χ4n) is 1.01. The number of nitrogens with two attached hydrogens (primary N) is 1. The van der Waals surface area contributed by atoms with Gasteiger partial charge in [0, 0.05) is 5.69 Å². The molecule has 7 heteroatoms. The van der Waals surface area contributed by atoms with Gasteiger partial charge < -0.3 is 5.73 Å². The van der Waals surface area contributed by atoms with Crippen molar-refractivity contribution in [1.29, 1.82) is 0 Å². The molecule has 2 N–H and O–H groups in total. The molecule has 0 bridgehead atoms. The summed E-state index contributed by atoms with van der Waals surface area (Å²) in [5, 5.41) is 0. The number of rotatable bonds is 2. The summed E-state index contributed by atoms with van der Waals surface area (Å²) in [6.07, 6.45) is -4.69. The van der Waals surface area contributed by atoms with Gasteiger partial charge in [-0.15, -0.1) is 0 Å². The Balaban J connectivity index is 3.36. The molecule has 0 unspecified atom stereocenters. The maximum Gasteiger partial charge on any atom is 0.451 e. The van der Waals surface area contributed by atoms with Crippen LogP contribution in [0.4, 0.5) is 13.2 Å². The number of carbonyl (C=O) groups is 1. The summed E-state index contributed by atoms with van der Waals surface area (Å²) < 4.78 is 37.2. The molecule has 0 aliphatic rings. The fraction of sp³-hybridized carbons (Fsp3) is 0.444. The molecule has 0 aromatic carbocycles. The van der Waals surface area contributed by atoms with E-state index in [1.54, 1.807) is 13.8 Å². The monoisotopic (exact) mass is 233 g/mol. The lowest BCUT2D eigenvalue weighted by atomic mass is 10.1. The molecule has 0 radical (unpaired) electrons. The van der Waals surface area contributed by atoms with E-state index < -0.39 is 23.6 Å². The average molecular weight is 233 g/mol. The van der Waals surface area contributed by atoms with E-state index >= 15 is 0 Å². The van der Waals surface area contributed by atoms with Gasteiger partial charge in [0.05, 0.1) is 0 Å². The average Bonchev–Trinajstić information content (AvgIpc) is 2.15. The minimum absolute atomic E-state index is 0.135. The lowest BCUT2D eigenvalue weighted by Crippen LogP contribution is -2.20. The molecule has 1 aromatic heterocycles. The van der Waals surface area contributed by atoms with Crippen molar-refractivity contribution >= 4 is 5.91 Å². The third-order valence-corrected chi connectivity index (χ3v) is 1.84. The van der Waals surface area contributed by atoms with Crippen molar-refractivity contribution in [3.63, 3.8) is 0 Å². The second-order valence-electron chi connectivity index (χ2n) is 3.52. The Bertz CT molecular complexity index is 415. The fourth-order valence-corrected chi connectivity index (χ4v) is 1.01. The summed E-state index contributed by atoms with van der Waals surface area (Å²) in [4.78, 5) is 17.2. The molecule has 0 saturated heterocycles. The quantitative estimate of drug-likeness (QED) is 0.845. The van der Waals surface area contributed by atoms with Crippen LogP contribution in [0.15, 0.2) is 6.07 Å². The van der Waals surface area contributed by atoms with Crippen LogP contribution in [0.5, 0.6) is 0 Å². The highest BCUT2D eigenvalue weighted by atomic mass is 19.4. The van der Waals surface area contributed by atoms with Gasteiger partial charge in [0.25, 0.3) is 5.91 Å². The van der Waals surface area contributed by atoms with Crippen LogP contribution in [0.25, 0.3) is 0 Å². The number of hydrogen-bond donors (Lipinski definition) is 1. The second kappa shape index (κ2) is 4.07. The maximum atomic E-state index is 12.4. The van der Waals surface area contributed by atoms with Crippen LogP contribution in [-0.2, 0) is 6.18 Å². The molecule has 1 aromatic rings. The minimum atomic E-state index is -4.69. The van der Waals surface area contributed by atoms with Gasteiger partial charge in [-0.25, -0.2) is 9.97 Å². The van der Waals surface area contributed by atoms with Crippen LogP contribution >= 0.6 is 0 Å². The van der Waals surface area contributed by atoms with Crippen LogP contribution in [0.2, 0.25) is 0 Å². The van der Waals surface area contributed by atoms with Crippen molar-refractivity contribution < 1.29 is 18.0 Å². The van der Waals surface area contributed by atoms with E-state index in [1.807, 2.05) is 0 Å². The van der Waals surface area contributed by atoms with E-state index in [-0.39, 0.29) is 11.6 Å². The van der Waals surface area contributed by atoms with Gasteiger partial charge in [0.1, 0.15) is 5.69 Å². The number of primary amides is 1. The Kier molecular flexibility index (Phi) is 3.16. The second-order valence-corrected chi connectivity index (χ2v) is 3.52. The van der Waals surface area contributed by atoms with E-state index in [2.05, 4.69) is 9.97 Å². The topological polar surface area (TPSA) is 68.9 Å². The van der Waals surface area contributed by atoms with Crippen molar-refractivity contribution in [1.82, 2.24) is 9.97 Å². The molecule has 0 fully saturated rings. The highest BCUT2D eigenvalue weighted by Gasteiger charge is 2.35. The highest BCUT2D eigenvalue weighted by Crippen LogP contribution is 2.27. The first-order valence-electron chi connectivity index (χ1n) is 4.47. The molecule has 1 heterocycles. The third kappa shape index (κ3) is 2.68. The van der Waals surface area contributed by atoms with Crippen molar-refractivity contribution in [3.8, 4) is 0 Å². The SMILES string of the molecule is CC(C)c1cc(C(N)=O)nc(C(F)(F)F)n1. The molecule has 0 aliphatic heterocycles. The number of hydrogen-bond acceptors (Lipinski definition) is 3. The van der Waals surface area contributed by atoms with Gasteiger partial charge in [0.2, 0.25) is 5.82 Å². The summed E-state index contributed by atoms with van der Waals surface area (Å²) >= 11 is 0. The molecule has 88 valence electrons. The number of amides is 1. The maximum absolute atomic E-state index is 12.4. The lowest BCUT2D eigenvalue weighted by Gasteiger charge is -2.10. The van der Waals surface area contributed by atoms with Gasteiger partial charge in [0.15, 0.2) is 0 Å². The van der Waals surface area contributed by atoms with Gasteiger partial charge in [-0.2, -0.15) is 13.2 Å². The standard InChI is InChI=1S/C9H10F3N3O/c1-4(2)5-3-6(7(13)16)15-8(14-5)9(10,11)12/h3-4H,1-2H3,(H2,13,16). The number of halogens is 3. The molecule has 16 heavy (non-hydrogen) atoms. The molecule has 0 spiro atoms. The number of alkyl halides is 3. The molecule has 0 saturated carbocycles. The summed E-state index contributed by atoms with van der Waals surface area (Å²) in [5.74, 6) is -2.59. The zero-order chi connectivity index (χ0) is 12.5. The Morgan fingerprint density at radius 3 is 2.31 bits per heavy atom. The van der Waals surface area contributed by atoms with E-state index in [9.17, 15) is 18.0 Å². The first-order chi connectivity index (χ1) is 7.21. The molecular weight excluding hydrogens is 223 g/mol. The summed E-state index contributed by atoms with van der Waals surface area (Å²) in [6, 6.07) is 1.17. The molecule has 1 rings (SSSR count). The normalized spacial score (nSPS) is 11.9. The van der Waals surface area contributed by atoms with Crippen molar-refractivity contribution in [2.45, 2.75) is 25.9 Å². The third-order valence-electron chi connectivity index (χ3n) is 1.84. The highest BCUT2D eigenvalue weighted by molar-refractivity contribution is 5.90. The van der Waals surface area contributed by atoms with Crippen LogP contribution in [0.3, 0.4) is 0 Å². The predicted molar refractivity (Wildman–Crippen MR) is 49.6 cm³/mol. The first kappa shape index (κ1) is 12.4. The smallest absolute Gasteiger partial charge is 0.364 e. The lowest BCUT2D eigenvalue weighted by molar-refractivity contribution is -0.145. The molecule has 4 nitrogen and oxygen atoms in total. The largest absolute Gasteiger partial charge is 0.451 e. The Hall–Kier alpha value is -1.66. The summed E-state index contributed by atoms with van der Waals surface area (Å²) in [6.45, 7) is 3.32. The Morgan fingerprint density at radius 1 is 1.38 bits per heavy atom. The molecule has 0 aliphatic carbocycles. The van der Waals surface area contributed by atoms with E-state index in [0.29, 0.717) is 0 Å².